The van der Waals surface area contributed by atoms with E-state index < -0.39 is 11.4 Å². The number of urea groups is 1. The molecule has 3 heterocycles. The van der Waals surface area contributed by atoms with Crippen molar-refractivity contribution in [3.63, 3.8) is 0 Å². The predicted octanol–water partition coefficient (Wildman–Crippen LogP) is 8.01. The lowest BCUT2D eigenvalue weighted by molar-refractivity contribution is 0.0941. The average molecular weight is 755 g/mol. The highest BCUT2D eigenvalue weighted by molar-refractivity contribution is 6.05. The molecule has 13 nitrogen and oxygen atoms in total. The van der Waals surface area contributed by atoms with Gasteiger partial charge in [0.25, 0.3) is 5.91 Å². The largest absolute Gasteiger partial charge is 0.488 e. The van der Waals surface area contributed by atoms with Crippen molar-refractivity contribution in [1.29, 1.82) is 5.41 Å². The van der Waals surface area contributed by atoms with Crippen molar-refractivity contribution in [2.45, 2.75) is 53.6 Å². The Hall–Kier alpha value is -6.34. The number of rotatable bonds is 14. The van der Waals surface area contributed by atoms with E-state index in [1.54, 1.807) is 12.3 Å². The number of aryl methyl sites for hydroxylation is 1. The summed E-state index contributed by atoms with van der Waals surface area (Å²) in [4.78, 5) is 41.4. The zero-order valence-electron chi connectivity index (χ0n) is 32.4. The Kier molecular flexibility index (Phi) is 12.9. The molecule has 2 aromatic heterocycles. The van der Waals surface area contributed by atoms with E-state index in [2.05, 4.69) is 46.4 Å². The van der Waals surface area contributed by atoms with Crippen LogP contribution in [0.3, 0.4) is 0 Å². The summed E-state index contributed by atoms with van der Waals surface area (Å²) in [5.41, 5.74) is 3.58. The molecule has 3 amide bonds. The number of piperidine rings is 1. The van der Waals surface area contributed by atoms with Crippen LogP contribution in [0.15, 0.2) is 103 Å². The van der Waals surface area contributed by atoms with Crippen LogP contribution in [0.4, 0.5) is 27.8 Å². The normalized spacial score (nSPS) is 13.5. The standard InChI is InChI=1S/C43H50N10O3/c1-29-12-14-31(15-13-29)49-39(25-37(44)43(2,3)4)52-42(55)50-34-16-17-36(33-11-7-6-10-32(33)34)56-28-30-18-19-45-38(24-30)51-40-27-47-35(26-48-40)41(54)46-20-23-53-21-8-5-9-22-53/h6-7,10-19,24-27,44,49H,5,8-9,20-23,28H2,1-4H3,(H,46,54)(H,45,48,51)(H2,50,52,55)/b39-25+,44-37?. The Morgan fingerprint density at radius 1 is 0.875 bits per heavy atom. The molecule has 56 heavy (non-hydrogen) atoms. The molecule has 0 atom stereocenters. The van der Waals surface area contributed by atoms with Gasteiger partial charge in [-0.15, -0.1) is 0 Å². The third kappa shape index (κ3) is 11.1. The number of benzene rings is 3. The van der Waals surface area contributed by atoms with Gasteiger partial charge in [0, 0.05) is 52.9 Å². The van der Waals surface area contributed by atoms with E-state index in [4.69, 9.17) is 10.1 Å². The summed E-state index contributed by atoms with van der Waals surface area (Å²) >= 11 is 0. The third-order valence-electron chi connectivity index (χ3n) is 9.33. The molecule has 1 aliphatic rings. The molecule has 1 aliphatic heterocycles. The number of nitrogens with zero attached hydrogens (tertiary/aromatic N) is 4. The quantitative estimate of drug-likeness (QED) is 0.0615. The molecule has 3 aromatic carbocycles. The van der Waals surface area contributed by atoms with Crippen molar-refractivity contribution in [2.75, 3.05) is 42.1 Å². The first kappa shape index (κ1) is 39.4. The predicted molar refractivity (Wildman–Crippen MR) is 223 cm³/mol. The van der Waals surface area contributed by atoms with Gasteiger partial charge in [0.2, 0.25) is 0 Å². The number of allylic oxidation sites excluding steroid dienone is 1. The number of hydrogen-bond acceptors (Lipinski definition) is 10. The fourth-order valence-corrected chi connectivity index (χ4v) is 6.07. The van der Waals surface area contributed by atoms with E-state index in [9.17, 15) is 9.59 Å². The van der Waals surface area contributed by atoms with Crippen LogP contribution in [0.25, 0.3) is 10.8 Å². The summed E-state index contributed by atoms with van der Waals surface area (Å²) in [5, 5.41) is 25.4. The number of ether oxygens (including phenoxy) is 1. The smallest absolute Gasteiger partial charge is 0.324 e. The third-order valence-corrected chi connectivity index (χ3v) is 9.33. The second kappa shape index (κ2) is 18.3. The van der Waals surface area contributed by atoms with E-state index in [0.717, 1.165) is 47.2 Å². The van der Waals surface area contributed by atoms with Crippen LogP contribution in [-0.2, 0) is 6.61 Å². The Labute approximate surface area is 327 Å². The summed E-state index contributed by atoms with van der Waals surface area (Å²) < 4.78 is 6.30. The lowest BCUT2D eigenvalue weighted by Crippen LogP contribution is -2.37. The van der Waals surface area contributed by atoms with Crippen LogP contribution in [-0.4, -0.2) is 63.7 Å². The van der Waals surface area contributed by atoms with Gasteiger partial charge < -0.3 is 36.3 Å². The number of pyridine rings is 1. The van der Waals surface area contributed by atoms with E-state index in [1.807, 2.05) is 100 Å². The number of likely N-dealkylation sites (tertiary alicyclic amines) is 1. The Morgan fingerprint density at radius 3 is 2.38 bits per heavy atom. The summed E-state index contributed by atoms with van der Waals surface area (Å²) in [6, 6.07) is 22.4. The Morgan fingerprint density at radius 2 is 1.64 bits per heavy atom. The monoisotopic (exact) mass is 754 g/mol. The average Bonchev–Trinajstić information content (AvgIpc) is 3.19. The molecule has 1 fully saturated rings. The maximum absolute atomic E-state index is 13.4. The zero-order chi connectivity index (χ0) is 39.5. The maximum atomic E-state index is 13.4. The first-order valence-corrected chi connectivity index (χ1v) is 18.9. The number of carbonyl (C=O) groups excluding carboxylic acids is 2. The van der Waals surface area contributed by atoms with E-state index in [-0.39, 0.29) is 18.2 Å². The molecule has 0 aliphatic carbocycles. The minimum atomic E-state index is -0.459. The minimum Gasteiger partial charge on any atom is -0.488 e. The van der Waals surface area contributed by atoms with Gasteiger partial charge in [0.1, 0.15) is 35.5 Å². The fourth-order valence-electron chi connectivity index (χ4n) is 6.07. The topological polar surface area (TPSA) is 169 Å². The first-order valence-electron chi connectivity index (χ1n) is 18.9. The van der Waals surface area contributed by atoms with Gasteiger partial charge in [-0.1, -0.05) is 69.2 Å². The summed E-state index contributed by atoms with van der Waals surface area (Å²) in [6.45, 7) is 11.7. The number of anilines is 4. The number of fused-ring (bicyclic) bond motifs is 1. The zero-order valence-corrected chi connectivity index (χ0v) is 32.4. The molecule has 0 saturated carbocycles. The van der Waals surface area contributed by atoms with E-state index in [1.165, 1.54) is 31.7 Å². The Bertz CT molecular complexity index is 2170. The van der Waals surface area contributed by atoms with Crippen molar-refractivity contribution in [3.8, 4) is 5.75 Å². The highest BCUT2D eigenvalue weighted by atomic mass is 16.5. The molecule has 13 heteroatoms. The molecule has 6 rings (SSSR count). The van der Waals surface area contributed by atoms with Crippen molar-refractivity contribution in [3.05, 3.63) is 120 Å². The van der Waals surface area contributed by atoms with Crippen LogP contribution < -0.4 is 31.3 Å². The van der Waals surface area contributed by atoms with Gasteiger partial charge >= 0.3 is 6.03 Å². The van der Waals surface area contributed by atoms with Crippen molar-refractivity contribution in [2.24, 2.45) is 5.41 Å². The van der Waals surface area contributed by atoms with Gasteiger partial charge in [0.05, 0.1) is 18.1 Å². The van der Waals surface area contributed by atoms with Crippen molar-refractivity contribution < 1.29 is 14.3 Å². The molecule has 1 saturated heterocycles. The second-order valence-corrected chi connectivity index (χ2v) is 14.9. The van der Waals surface area contributed by atoms with Crippen LogP contribution in [0, 0.1) is 17.7 Å². The van der Waals surface area contributed by atoms with Crippen LogP contribution in [0.5, 0.6) is 5.75 Å². The van der Waals surface area contributed by atoms with Crippen LogP contribution >= 0.6 is 0 Å². The van der Waals surface area contributed by atoms with Gasteiger partial charge in [-0.05, 0) is 74.8 Å². The van der Waals surface area contributed by atoms with Crippen molar-refractivity contribution in [1.82, 2.24) is 30.5 Å². The molecule has 0 spiro atoms. The SMILES string of the molecule is Cc1ccc(N/C(=C\C(=N)C(C)(C)C)NC(=O)Nc2ccc(OCc3ccnc(Nc4cnc(C(=O)NCCN5CCCCC5)cn4)c3)c3ccccc23)cc1. The number of nitrogens with one attached hydrogen (secondary N) is 6. The van der Waals surface area contributed by atoms with Gasteiger partial charge in [-0.25, -0.2) is 19.7 Å². The van der Waals surface area contributed by atoms with Gasteiger partial charge in [-0.3, -0.25) is 10.1 Å². The fraction of sp³-hybridized carbons (Fsp3) is 0.302. The van der Waals surface area contributed by atoms with E-state index >= 15 is 0 Å². The number of carbonyl (C=O) groups is 2. The Balaban J connectivity index is 1.06. The van der Waals surface area contributed by atoms with Gasteiger partial charge in [0.15, 0.2) is 0 Å². The van der Waals surface area contributed by atoms with Crippen LogP contribution in [0.1, 0.15) is 61.6 Å². The minimum absolute atomic E-state index is 0.246. The number of hydrogen-bond donors (Lipinski definition) is 6. The number of aromatic nitrogens is 3. The molecule has 5 aromatic rings. The van der Waals surface area contributed by atoms with Crippen LogP contribution in [0.2, 0.25) is 0 Å². The van der Waals surface area contributed by atoms with Crippen molar-refractivity contribution >= 4 is 51.4 Å². The number of amides is 3. The highest BCUT2D eigenvalue weighted by Gasteiger charge is 2.18. The first-order chi connectivity index (χ1) is 27.0. The molecule has 0 radical (unpaired) electrons. The summed E-state index contributed by atoms with van der Waals surface area (Å²) in [6.07, 6.45) is 10.00. The van der Waals surface area contributed by atoms with E-state index in [0.29, 0.717) is 41.2 Å². The maximum Gasteiger partial charge on any atom is 0.324 e. The summed E-state index contributed by atoms with van der Waals surface area (Å²) in [7, 11) is 0. The molecule has 0 unspecified atom stereocenters. The second-order valence-electron chi connectivity index (χ2n) is 14.9. The summed E-state index contributed by atoms with van der Waals surface area (Å²) in [5.74, 6) is 1.79. The molecular weight excluding hydrogens is 705 g/mol. The molecule has 290 valence electrons. The molecule has 6 N–H and O–H groups in total. The lowest BCUT2D eigenvalue weighted by atomic mass is 9.90. The highest BCUT2D eigenvalue weighted by Crippen LogP contribution is 2.32. The molecular formula is C43H50N10O3. The molecule has 0 bridgehead atoms. The lowest BCUT2D eigenvalue weighted by Gasteiger charge is -2.26. The van der Waals surface area contributed by atoms with Gasteiger partial charge in [-0.2, -0.15) is 0 Å².